The average molecular weight is 609 g/mol. The van der Waals surface area contributed by atoms with Crippen molar-refractivity contribution in [2.45, 2.75) is 51.3 Å². The number of carbonyl (C=O) groups excluding carboxylic acids is 1. The van der Waals surface area contributed by atoms with Crippen molar-refractivity contribution in [1.29, 1.82) is 0 Å². The molecular formula is C28H25ClF8N2O2. The second-order valence-electron chi connectivity index (χ2n) is 9.43. The van der Waals surface area contributed by atoms with Crippen LogP contribution in [0.15, 0.2) is 66.7 Å². The second kappa shape index (κ2) is 12.5. The van der Waals surface area contributed by atoms with Crippen molar-refractivity contribution in [3.05, 3.63) is 94.0 Å². The Bertz CT molecular complexity index is 1340. The van der Waals surface area contributed by atoms with Crippen molar-refractivity contribution in [1.82, 2.24) is 4.90 Å². The Morgan fingerprint density at radius 1 is 0.902 bits per heavy atom. The van der Waals surface area contributed by atoms with E-state index in [1.54, 1.807) is 12.1 Å². The number of amides is 1. The van der Waals surface area contributed by atoms with Crippen molar-refractivity contribution in [3.63, 3.8) is 0 Å². The molecule has 0 aliphatic heterocycles. The molecule has 0 unspecified atom stereocenters. The summed E-state index contributed by atoms with van der Waals surface area (Å²) in [7, 11) is 0. The Kier molecular flexibility index (Phi) is 9.78. The molecule has 222 valence electrons. The van der Waals surface area contributed by atoms with Gasteiger partial charge in [0.25, 0.3) is 5.91 Å². The van der Waals surface area contributed by atoms with Crippen LogP contribution in [0.2, 0.25) is 5.02 Å². The third-order valence-corrected chi connectivity index (χ3v) is 6.03. The number of carbonyl (C=O) groups is 1. The van der Waals surface area contributed by atoms with Crippen molar-refractivity contribution < 1.29 is 44.7 Å². The number of nitrogens with one attached hydrogen (secondary N) is 1. The molecule has 0 heterocycles. The van der Waals surface area contributed by atoms with Crippen LogP contribution in [-0.4, -0.2) is 35.9 Å². The number of nitrogens with zero attached hydrogens (tertiary/aromatic N) is 1. The minimum absolute atomic E-state index is 0.0532. The molecule has 13 heteroatoms. The van der Waals surface area contributed by atoms with Gasteiger partial charge in [-0.15, -0.1) is 13.2 Å². The van der Waals surface area contributed by atoms with E-state index in [2.05, 4.69) is 10.1 Å². The normalized spacial score (nSPS) is 12.4. The molecule has 0 radical (unpaired) electrons. The van der Waals surface area contributed by atoms with Crippen LogP contribution in [0, 0.1) is 0 Å². The molecule has 3 aromatic rings. The third-order valence-electron chi connectivity index (χ3n) is 5.79. The molecule has 0 aliphatic carbocycles. The summed E-state index contributed by atoms with van der Waals surface area (Å²) in [5.41, 5.74) is -0.00180. The molecule has 4 nitrogen and oxygen atoms in total. The van der Waals surface area contributed by atoms with Crippen LogP contribution >= 0.6 is 11.6 Å². The van der Waals surface area contributed by atoms with E-state index < -0.39 is 35.7 Å². The number of alkyl halides is 8. The molecule has 0 bridgehead atoms. The SMILES string of the molecule is CC(C)Nc1ccc(Cl)cc1C(=O)N(CCc1cccc(OC(F)(F)F)c1)Cc1ccc(C(F)(F)C(F)(F)F)cc1. The lowest BCUT2D eigenvalue weighted by Crippen LogP contribution is -2.34. The Morgan fingerprint density at radius 3 is 2.15 bits per heavy atom. The standard InChI is InChI=1S/C28H25ClF8N2O2/c1-17(2)38-24-11-10-21(29)15-23(24)25(40)39(13-12-18-4-3-5-22(14-18)41-28(35,36)37)16-19-6-8-20(9-7-19)26(30,31)27(32,33)34/h3-11,14-15,17,38H,12-13,16H2,1-2H3. The van der Waals surface area contributed by atoms with Gasteiger partial charge in [-0.2, -0.15) is 22.0 Å². The molecule has 1 amide bonds. The largest absolute Gasteiger partial charge is 0.573 e. The summed E-state index contributed by atoms with van der Waals surface area (Å²) >= 11 is 6.14. The van der Waals surface area contributed by atoms with E-state index in [1.165, 1.54) is 23.1 Å². The van der Waals surface area contributed by atoms with Crippen LogP contribution in [-0.2, 0) is 18.9 Å². The summed E-state index contributed by atoms with van der Waals surface area (Å²) in [6.07, 6.45) is -10.6. The van der Waals surface area contributed by atoms with Gasteiger partial charge in [0.2, 0.25) is 0 Å². The highest BCUT2D eigenvalue weighted by Gasteiger charge is 2.58. The van der Waals surface area contributed by atoms with Gasteiger partial charge in [-0.25, -0.2) is 0 Å². The topological polar surface area (TPSA) is 41.6 Å². The van der Waals surface area contributed by atoms with E-state index in [4.69, 9.17) is 11.6 Å². The molecular weight excluding hydrogens is 584 g/mol. The summed E-state index contributed by atoms with van der Waals surface area (Å²) in [5.74, 6) is -6.07. The van der Waals surface area contributed by atoms with Crippen molar-refractivity contribution in [2.24, 2.45) is 0 Å². The minimum atomic E-state index is -5.78. The smallest absolute Gasteiger partial charge is 0.406 e. The lowest BCUT2D eigenvalue weighted by molar-refractivity contribution is -0.289. The van der Waals surface area contributed by atoms with Crippen LogP contribution < -0.4 is 10.1 Å². The first-order chi connectivity index (χ1) is 19.0. The van der Waals surface area contributed by atoms with E-state index >= 15 is 0 Å². The van der Waals surface area contributed by atoms with Gasteiger partial charge in [0, 0.05) is 35.4 Å². The summed E-state index contributed by atoms with van der Waals surface area (Å²) in [4.78, 5) is 15.0. The summed E-state index contributed by atoms with van der Waals surface area (Å²) < 4.78 is 108. The van der Waals surface area contributed by atoms with Crippen molar-refractivity contribution in [2.75, 3.05) is 11.9 Å². The van der Waals surface area contributed by atoms with Gasteiger partial charge < -0.3 is 15.0 Å². The molecule has 0 saturated carbocycles. The molecule has 0 fully saturated rings. The van der Waals surface area contributed by atoms with E-state index in [9.17, 15) is 39.9 Å². The highest BCUT2D eigenvalue weighted by Crippen LogP contribution is 2.43. The van der Waals surface area contributed by atoms with Crippen molar-refractivity contribution >= 4 is 23.2 Å². The Hall–Kier alpha value is -3.54. The van der Waals surface area contributed by atoms with Gasteiger partial charge >= 0.3 is 18.5 Å². The number of hydrogen-bond acceptors (Lipinski definition) is 3. The van der Waals surface area contributed by atoms with Crippen LogP contribution in [0.3, 0.4) is 0 Å². The molecule has 0 spiro atoms. The van der Waals surface area contributed by atoms with Crippen LogP contribution in [0.4, 0.5) is 40.8 Å². The van der Waals surface area contributed by atoms with E-state index in [0.29, 0.717) is 23.4 Å². The summed E-state index contributed by atoms with van der Waals surface area (Å²) in [6, 6.07) is 13.1. The number of anilines is 1. The third kappa shape index (κ3) is 8.72. The quantitative estimate of drug-likeness (QED) is 0.234. The fourth-order valence-electron chi connectivity index (χ4n) is 3.92. The van der Waals surface area contributed by atoms with E-state index in [1.807, 2.05) is 13.8 Å². The number of ether oxygens (including phenoxy) is 1. The maximum Gasteiger partial charge on any atom is 0.573 e. The van der Waals surface area contributed by atoms with Gasteiger partial charge in [0.15, 0.2) is 0 Å². The highest BCUT2D eigenvalue weighted by molar-refractivity contribution is 6.31. The van der Waals surface area contributed by atoms with E-state index in [0.717, 1.165) is 24.3 Å². The predicted octanol–water partition coefficient (Wildman–Crippen LogP) is 8.60. The van der Waals surface area contributed by atoms with Crippen LogP contribution in [0.1, 0.15) is 40.9 Å². The van der Waals surface area contributed by atoms with Gasteiger partial charge in [-0.05, 0) is 61.7 Å². The molecule has 1 N–H and O–H groups in total. The molecule has 3 aromatic carbocycles. The Balaban J connectivity index is 1.93. The molecule has 0 aromatic heterocycles. The average Bonchev–Trinajstić information content (AvgIpc) is 2.86. The fraction of sp³-hybridized carbons (Fsp3) is 0.321. The summed E-state index contributed by atoms with van der Waals surface area (Å²) in [5, 5.41) is 3.37. The van der Waals surface area contributed by atoms with Gasteiger partial charge in [0.05, 0.1) is 5.56 Å². The fourth-order valence-corrected chi connectivity index (χ4v) is 4.09. The molecule has 0 atom stereocenters. The monoisotopic (exact) mass is 608 g/mol. The van der Waals surface area contributed by atoms with Crippen molar-refractivity contribution in [3.8, 4) is 5.75 Å². The number of hydrogen-bond donors (Lipinski definition) is 1. The second-order valence-corrected chi connectivity index (χ2v) is 9.87. The molecule has 41 heavy (non-hydrogen) atoms. The summed E-state index contributed by atoms with van der Waals surface area (Å²) in [6.45, 7) is 3.43. The lowest BCUT2D eigenvalue weighted by atomic mass is 10.0. The molecule has 3 rings (SSSR count). The first-order valence-electron chi connectivity index (χ1n) is 12.2. The maximum absolute atomic E-state index is 13.7. The maximum atomic E-state index is 13.7. The highest BCUT2D eigenvalue weighted by atomic mass is 35.5. The van der Waals surface area contributed by atoms with Gasteiger partial charge in [-0.3, -0.25) is 4.79 Å². The molecule has 0 saturated heterocycles. The van der Waals surface area contributed by atoms with Crippen LogP contribution in [0.5, 0.6) is 5.75 Å². The molecule has 0 aliphatic rings. The predicted molar refractivity (Wildman–Crippen MR) is 138 cm³/mol. The van der Waals surface area contributed by atoms with Crippen LogP contribution in [0.25, 0.3) is 0 Å². The zero-order valence-corrected chi connectivity index (χ0v) is 22.5. The zero-order valence-electron chi connectivity index (χ0n) is 21.7. The van der Waals surface area contributed by atoms with Gasteiger partial charge in [-0.1, -0.05) is 48.0 Å². The Morgan fingerprint density at radius 2 is 1.56 bits per heavy atom. The minimum Gasteiger partial charge on any atom is -0.406 e. The number of halogens is 9. The lowest BCUT2D eigenvalue weighted by Gasteiger charge is -2.26. The van der Waals surface area contributed by atoms with Gasteiger partial charge in [0.1, 0.15) is 5.75 Å². The number of benzene rings is 3. The Labute approximate surface area is 235 Å². The van der Waals surface area contributed by atoms with E-state index in [-0.39, 0.29) is 41.7 Å². The zero-order chi connectivity index (χ0) is 30.6. The number of rotatable bonds is 10. The first kappa shape index (κ1) is 32.0. The first-order valence-corrected chi connectivity index (χ1v) is 12.6.